The Kier molecular flexibility index (Phi) is 12.8. The molecule has 0 bridgehead atoms. The second kappa shape index (κ2) is 19.7. The molecule has 2 fully saturated rings. The van der Waals surface area contributed by atoms with Gasteiger partial charge >= 0.3 is 8.16 Å². The van der Waals surface area contributed by atoms with Crippen LogP contribution in [0.15, 0.2) is 203 Å². The number of hydrogen-bond donors (Lipinski definition) is 1. The second-order valence-corrected chi connectivity index (χ2v) is 18.7. The zero-order valence-corrected chi connectivity index (χ0v) is 37.0. The molecule has 0 aliphatic heterocycles. The molecule has 0 saturated heterocycles. The third kappa shape index (κ3) is 9.13. The van der Waals surface area contributed by atoms with Crippen LogP contribution in [0.2, 0.25) is 0 Å². The van der Waals surface area contributed by atoms with Crippen molar-refractivity contribution >= 4 is 51.6 Å². The predicted octanol–water partition coefficient (Wildman–Crippen LogP) is 16.4. The number of benzene rings is 8. The molecule has 5 heteroatoms. The molecule has 0 amide bonds. The zero-order chi connectivity index (χ0) is 42.2. The molecule has 9 aromatic rings. The van der Waals surface area contributed by atoms with E-state index in [0.717, 1.165) is 34.8 Å². The van der Waals surface area contributed by atoms with Gasteiger partial charge in [-0.25, -0.2) is 0 Å². The average molecular weight is 845 g/mol. The Morgan fingerprint density at radius 1 is 0.413 bits per heavy atom. The van der Waals surface area contributed by atoms with Crippen molar-refractivity contribution in [3.63, 3.8) is 0 Å². The van der Waals surface area contributed by atoms with Crippen molar-refractivity contribution < 1.29 is 8.39 Å². The van der Waals surface area contributed by atoms with Crippen molar-refractivity contribution in [1.29, 1.82) is 0 Å². The summed E-state index contributed by atoms with van der Waals surface area (Å²) >= 11 is 0. The number of nitrogens with one attached hydrogen (secondary N) is 1. The number of hydrogen-bond acceptors (Lipinski definition) is 4. The van der Waals surface area contributed by atoms with E-state index in [2.05, 4.69) is 204 Å². The smallest absolute Gasteiger partial charge is 0.310 e. The Morgan fingerprint density at radius 2 is 0.810 bits per heavy atom. The summed E-state index contributed by atoms with van der Waals surface area (Å²) in [6.07, 6.45) is 12.8. The van der Waals surface area contributed by atoms with E-state index in [0.29, 0.717) is 18.1 Å². The number of fused-ring (bicyclic) bond motifs is 7. The van der Waals surface area contributed by atoms with Crippen LogP contribution in [-0.4, -0.2) is 12.1 Å². The van der Waals surface area contributed by atoms with Crippen molar-refractivity contribution in [2.45, 2.75) is 88.4 Å². The highest BCUT2D eigenvalue weighted by molar-refractivity contribution is 7.39. The Labute approximate surface area is 373 Å². The van der Waals surface area contributed by atoms with E-state index in [1.165, 1.54) is 95.2 Å². The fourth-order valence-electron chi connectivity index (χ4n) is 10.2. The van der Waals surface area contributed by atoms with Gasteiger partial charge in [-0.2, -0.15) is 4.67 Å². The highest BCUT2D eigenvalue weighted by Crippen LogP contribution is 2.48. The van der Waals surface area contributed by atoms with Crippen molar-refractivity contribution in [2.24, 2.45) is 0 Å². The summed E-state index contributed by atoms with van der Waals surface area (Å²) in [7, 11) is -1.52. The molecule has 2 aliphatic rings. The van der Waals surface area contributed by atoms with E-state index in [-0.39, 0.29) is 6.04 Å². The van der Waals surface area contributed by atoms with Gasteiger partial charge in [0.1, 0.15) is 11.2 Å². The molecule has 2 saturated carbocycles. The van der Waals surface area contributed by atoms with Crippen LogP contribution in [0.25, 0.3) is 43.5 Å². The fourth-order valence-corrected chi connectivity index (χ4v) is 12.0. The van der Waals surface area contributed by atoms with Crippen LogP contribution in [0.5, 0.6) is 0 Å². The van der Waals surface area contributed by atoms with Crippen molar-refractivity contribution in [1.82, 2.24) is 5.32 Å². The first-order chi connectivity index (χ1) is 31.3. The molecule has 0 atom stereocenters. The molecule has 63 heavy (non-hydrogen) atoms. The van der Waals surface area contributed by atoms with Crippen LogP contribution in [0.3, 0.4) is 0 Å². The van der Waals surface area contributed by atoms with Gasteiger partial charge in [-0.3, -0.25) is 0 Å². The summed E-state index contributed by atoms with van der Waals surface area (Å²) in [5, 5.41) is 10.9. The van der Waals surface area contributed by atoms with Crippen LogP contribution in [0.4, 0.5) is 0 Å². The molecule has 4 nitrogen and oxygen atoms in total. The lowest BCUT2D eigenvalue weighted by molar-refractivity contribution is 0.354. The van der Waals surface area contributed by atoms with E-state index in [9.17, 15) is 0 Å². The Hall–Kier alpha value is -5.90. The van der Waals surface area contributed by atoms with Crippen LogP contribution in [0, 0.1) is 0 Å². The minimum Gasteiger partial charge on any atom is -0.408 e. The first-order valence-corrected chi connectivity index (χ1v) is 24.4. The number of nitrogens with zero attached hydrogens (tertiary/aromatic N) is 1. The quantitative estimate of drug-likeness (QED) is 0.157. The van der Waals surface area contributed by atoms with E-state index < -0.39 is 8.16 Å². The monoisotopic (exact) mass is 844 g/mol. The molecule has 8 aromatic carbocycles. The Bertz CT molecular complexity index is 2730. The first kappa shape index (κ1) is 41.1. The van der Waals surface area contributed by atoms with Crippen LogP contribution >= 0.6 is 8.16 Å². The molecule has 2 aliphatic carbocycles. The SMILES string of the molecule is c1ccc(C(NC2CCCCC2)c2ccccc2)cc1.c1ccc(C(c2ccccc2)N(C2CCCCC2)p2oc3ccc4ccccc4c3c3c(ccc4ccccc43)o2)cc1. The van der Waals surface area contributed by atoms with E-state index in [1.807, 2.05) is 0 Å². The van der Waals surface area contributed by atoms with Gasteiger partial charge in [0, 0.05) is 22.9 Å². The maximum atomic E-state index is 7.20. The zero-order valence-electron chi connectivity index (χ0n) is 36.1. The molecular formula is C58H57N2O2P. The lowest BCUT2D eigenvalue weighted by atomic mass is 9.92. The highest BCUT2D eigenvalue weighted by Gasteiger charge is 2.35. The molecular weight excluding hydrogens is 788 g/mol. The minimum atomic E-state index is -1.52. The Morgan fingerprint density at radius 3 is 1.27 bits per heavy atom. The molecule has 0 spiro atoms. The summed E-state index contributed by atoms with van der Waals surface area (Å²) in [6, 6.07) is 70.7. The van der Waals surface area contributed by atoms with E-state index >= 15 is 0 Å². The topological polar surface area (TPSA) is 41.5 Å². The van der Waals surface area contributed by atoms with Crippen molar-refractivity contribution in [3.05, 3.63) is 216 Å². The second-order valence-electron chi connectivity index (χ2n) is 17.4. The highest BCUT2D eigenvalue weighted by atomic mass is 31.1. The minimum absolute atomic E-state index is 0.00234. The lowest BCUT2D eigenvalue weighted by Crippen LogP contribution is -2.38. The van der Waals surface area contributed by atoms with Gasteiger partial charge in [-0.05, 0) is 81.6 Å². The van der Waals surface area contributed by atoms with Gasteiger partial charge < -0.3 is 13.7 Å². The molecule has 11 rings (SSSR count). The molecule has 0 unspecified atom stereocenters. The largest absolute Gasteiger partial charge is 0.408 e. The average Bonchev–Trinajstić information content (AvgIpc) is 3.54. The standard InChI is InChI=1S/C39H34NO2P.C19H23N/c1-4-16-30(17-5-1)39(31-18-6-2-7-19-31)40(32-20-8-3-9-21-32)43-41-35-26-24-28-14-10-12-22-33(28)37(35)38-34-23-13-11-15-29(34)25-27-36(38)42-43;1-4-10-16(11-5-1)19(17-12-6-2-7-13-17)20-18-14-8-3-9-15-18/h1-2,4-7,10-19,22-27,32,39H,3,8-9,20-21H2;1-2,4-7,10-13,18-20H,3,8-9,14-15H2. The van der Waals surface area contributed by atoms with Crippen molar-refractivity contribution in [2.75, 3.05) is 4.67 Å². The van der Waals surface area contributed by atoms with Crippen LogP contribution in [0.1, 0.15) is 98.5 Å². The maximum absolute atomic E-state index is 7.20. The van der Waals surface area contributed by atoms with Gasteiger partial charge in [0.25, 0.3) is 0 Å². The molecule has 316 valence electrons. The predicted molar refractivity (Wildman–Crippen MR) is 266 cm³/mol. The maximum Gasteiger partial charge on any atom is 0.310 e. The summed E-state index contributed by atoms with van der Waals surface area (Å²) in [5.41, 5.74) is 7.03. The van der Waals surface area contributed by atoms with Gasteiger partial charge in [-0.1, -0.05) is 221 Å². The molecule has 1 aromatic heterocycles. The summed E-state index contributed by atoms with van der Waals surface area (Å²) in [4.78, 5) is 0. The third-order valence-corrected chi connectivity index (χ3v) is 14.9. The first-order valence-electron chi connectivity index (χ1n) is 23.2. The third-order valence-electron chi connectivity index (χ3n) is 13.3. The molecule has 0 radical (unpaired) electrons. The Balaban J connectivity index is 0.000000197. The van der Waals surface area contributed by atoms with Gasteiger partial charge in [-0.15, -0.1) is 0 Å². The number of rotatable bonds is 9. The van der Waals surface area contributed by atoms with E-state index in [1.54, 1.807) is 0 Å². The molecule has 1 N–H and O–H groups in total. The van der Waals surface area contributed by atoms with Gasteiger partial charge in [0.05, 0.1) is 12.1 Å². The van der Waals surface area contributed by atoms with Crippen LogP contribution in [-0.2, 0) is 0 Å². The molecule has 1 heterocycles. The summed E-state index contributed by atoms with van der Waals surface area (Å²) in [5.74, 6) is 0. The summed E-state index contributed by atoms with van der Waals surface area (Å²) in [6.45, 7) is 0. The van der Waals surface area contributed by atoms with Crippen LogP contribution < -0.4 is 9.99 Å². The lowest BCUT2D eigenvalue weighted by Gasteiger charge is -2.37. The summed E-state index contributed by atoms with van der Waals surface area (Å²) < 4.78 is 17.0. The van der Waals surface area contributed by atoms with E-state index in [4.69, 9.17) is 8.39 Å². The normalized spacial score (nSPS) is 15.0. The van der Waals surface area contributed by atoms with Gasteiger partial charge in [0.15, 0.2) is 0 Å². The van der Waals surface area contributed by atoms with Gasteiger partial charge in [0.2, 0.25) is 0 Å². The fraction of sp³-hybridized carbons (Fsp3) is 0.241. The van der Waals surface area contributed by atoms with Crippen molar-refractivity contribution in [3.8, 4) is 0 Å².